The Morgan fingerprint density at radius 3 is 2.35 bits per heavy atom. The molecule has 1 amide bonds. The molecule has 0 unspecified atom stereocenters. The number of para-hydroxylation sites is 1. The van der Waals surface area contributed by atoms with Gasteiger partial charge in [0.15, 0.2) is 0 Å². The number of piperazine rings is 1. The van der Waals surface area contributed by atoms with Crippen molar-refractivity contribution in [1.29, 1.82) is 0 Å². The molecule has 5 rings (SSSR count). The number of hydrogen-bond donors (Lipinski definition) is 1. The zero-order valence-corrected chi connectivity index (χ0v) is 21.7. The molecule has 10 heteroatoms. The van der Waals surface area contributed by atoms with Crippen molar-refractivity contribution in [3.05, 3.63) is 70.9 Å². The lowest BCUT2D eigenvalue weighted by molar-refractivity contribution is 0.0602. The van der Waals surface area contributed by atoms with E-state index in [-0.39, 0.29) is 5.91 Å². The number of esters is 1. The van der Waals surface area contributed by atoms with E-state index in [1.165, 1.54) is 18.4 Å². The summed E-state index contributed by atoms with van der Waals surface area (Å²) in [5.41, 5.74) is 2.68. The molecule has 9 nitrogen and oxygen atoms in total. The summed E-state index contributed by atoms with van der Waals surface area (Å²) in [5.74, 6) is 0.868. The van der Waals surface area contributed by atoms with E-state index >= 15 is 0 Å². The molecule has 1 saturated heterocycles. The second kappa shape index (κ2) is 10.4. The molecule has 3 heterocycles. The molecular weight excluding hydrogens is 490 g/mol. The van der Waals surface area contributed by atoms with E-state index in [4.69, 9.17) is 9.47 Å². The molecular formula is C27H27N5O4S. The summed E-state index contributed by atoms with van der Waals surface area (Å²) in [6, 6.07) is 14.9. The van der Waals surface area contributed by atoms with Crippen LogP contribution in [0.5, 0.6) is 5.75 Å². The Kier molecular flexibility index (Phi) is 6.91. The van der Waals surface area contributed by atoms with Crippen LogP contribution in [0.2, 0.25) is 0 Å². The molecule has 1 fully saturated rings. The van der Waals surface area contributed by atoms with Gasteiger partial charge in [-0.15, -0.1) is 11.3 Å². The lowest BCUT2D eigenvalue weighted by Crippen LogP contribution is -2.46. The largest absolute Gasteiger partial charge is 0.497 e. The molecule has 0 atom stereocenters. The van der Waals surface area contributed by atoms with E-state index in [0.717, 1.165) is 59.2 Å². The summed E-state index contributed by atoms with van der Waals surface area (Å²) >= 11 is 1.32. The van der Waals surface area contributed by atoms with Gasteiger partial charge in [-0.1, -0.05) is 12.1 Å². The second-order valence-electron chi connectivity index (χ2n) is 8.60. The monoisotopic (exact) mass is 517 g/mol. The predicted molar refractivity (Wildman–Crippen MR) is 145 cm³/mol. The number of thiophene rings is 1. The number of nitrogens with zero attached hydrogens (tertiary/aromatic N) is 4. The zero-order chi connectivity index (χ0) is 25.9. The van der Waals surface area contributed by atoms with Crippen molar-refractivity contribution in [2.45, 2.75) is 6.92 Å². The third kappa shape index (κ3) is 4.79. The van der Waals surface area contributed by atoms with Gasteiger partial charge in [0.1, 0.15) is 22.7 Å². The summed E-state index contributed by atoms with van der Waals surface area (Å²) in [6.07, 6.45) is 1.55. The number of aryl methyl sites for hydroxylation is 1. The highest BCUT2D eigenvalue weighted by atomic mass is 32.1. The quantitative estimate of drug-likeness (QED) is 0.377. The van der Waals surface area contributed by atoms with Gasteiger partial charge in [-0.25, -0.2) is 14.8 Å². The minimum absolute atomic E-state index is 0.298. The number of rotatable bonds is 6. The Morgan fingerprint density at radius 2 is 1.65 bits per heavy atom. The standard InChI is InChI=1S/C27H27N5O4S/c1-17-22-24(32-14-12-31(13-15-32)18-8-10-19(35-2)11-9-18)28-16-29-26(22)37-23(17)25(33)30-21-7-5-4-6-20(21)27(34)36-3/h4-11,16H,12-15H2,1-3H3,(H,30,33). The molecule has 0 spiro atoms. The van der Waals surface area contributed by atoms with Gasteiger partial charge < -0.3 is 24.6 Å². The van der Waals surface area contributed by atoms with Crippen molar-refractivity contribution in [2.75, 3.05) is 55.5 Å². The number of fused-ring (bicyclic) bond motifs is 1. The summed E-state index contributed by atoms with van der Waals surface area (Å²) in [5, 5.41) is 3.75. The van der Waals surface area contributed by atoms with E-state index in [1.807, 2.05) is 19.1 Å². The van der Waals surface area contributed by atoms with Crippen LogP contribution in [0.15, 0.2) is 54.9 Å². The van der Waals surface area contributed by atoms with Crippen LogP contribution < -0.4 is 19.9 Å². The SMILES string of the molecule is COC(=O)c1ccccc1NC(=O)c1sc2ncnc(N3CCN(c4ccc(OC)cc4)CC3)c2c1C. The average Bonchev–Trinajstić information content (AvgIpc) is 3.29. The van der Waals surface area contributed by atoms with Crippen molar-refractivity contribution in [2.24, 2.45) is 0 Å². The number of nitrogens with one attached hydrogen (secondary N) is 1. The first kappa shape index (κ1) is 24.5. The lowest BCUT2D eigenvalue weighted by Gasteiger charge is -2.37. The highest BCUT2D eigenvalue weighted by molar-refractivity contribution is 7.20. The van der Waals surface area contributed by atoms with E-state index in [2.05, 4.69) is 37.2 Å². The van der Waals surface area contributed by atoms with Gasteiger partial charge in [-0.3, -0.25) is 4.79 Å². The average molecular weight is 518 g/mol. The minimum Gasteiger partial charge on any atom is -0.497 e. The fourth-order valence-electron chi connectivity index (χ4n) is 4.54. The van der Waals surface area contributed by atoms with Crippen molar-refractivity contribution in [3.8, 4) is 5.75 Å². The summed E-state index contributed by atoms with van der Waals surface area (Å²) < 4.78 is 10.1. The maximum absolute atomic E-state index is 13.3. The van der Waals surface area contributed by atoms with Gasteiger partial charge in [0.25, 0.3) is 5.91 Å². The molecule has 0 radical (unpaired) electrons. The molecule has 0 aliphatic carbocycles. The molecule has 1 aliphatic heterocycles. The molecule has 1 aliphatic rings. The zero-order valence-electron chi connectivity index (χ0n) is 20.9. The van der Waals surface area contributed by atoms with Gasteiger partial charge in [0.2, 0.25) is 0 Å². The van der Waals surface area contributed by atoms with Gasteiger partial charge in [-0.2, -0.15) is 0 Å². The van der Waals surface area contributed by atoms with Gasteiger partial charge in [0.05, 0.1) is 35.7 Å². The number of carbonyl (C=O) groups excluding carboxylic acids is 2. The van der Waals surface area contributed by atoms with Crippen LogP contribution in [0.1, 0.15) is 25.6 Å². The van der Waals surface area contributed by atoms with Gasteiger partial charge in [-0.05, 0) is 48.9 Å². The molecule has 0 saturated carbocycles. The number of hydrogen-bond acceptors (Lipinski definition) is 9. The van der Waals surface area contributed by atoms with E-state index in [9.17, 15) is 9.59 Å². The number of anilines is 3. The van der Waals surface area contributed by atoms with Crippen molar-refractivity contribution in [1.82, 2.24) is 9.97 Å². The van der Waals surface area contributed by atoms with Gasteiger partial charge in [0, 0.05) is 31.9 Å². The van der Waals surface area contributed by atoms with Crippen molar-refractivity contribution < 1.29 is 19.1 Å². The van der Waals surface area contributed by atoms with Crippen LogP contribution in [-0.4, -0.2) is 62.2 Å². The minimum atomic E-state index is -0.508. The van der Waals surface area contributed by atoms with Crippen LogP contribution in [0.25, 0.3) is 10.2 Å². The van der Waals surface area contributed by atoms with E-state index < -0.39 is 5.97 Å². The first-order chi connectivity index (χ1) is 18.0. The third-order valence-electron chi connectivity index (χ3n) is 6.51. The number of ether oxygens (including phenoxy) is 2. The molecule has 37 heavy (non-hydrogen) atoms. The predicted octanol–water partition coefficient (Wildman–Crippen LogP) is 4.37. The van der Waals surface area contributed by atoms with Crippen molar-refractivity contribution >= 4 is 50.6 Å². The Balaban J connectivity index is 1.37. The molecule has 0 bridgehead atoms. The Bertz CT molecular complexity index is 1450. The maximum atomic E-state index is 13.3. The van der Waals surface area contributed by atoms with Crippen molar-refractivity contribution in [3.63, 3.8) is 0 Å². The van der Waals surface area contributed by atoms with Crippen LogP contribution in [0, 0.1) is 6.92 Å². The number of methoxy groups -OCH3 is 2. The second-order valence-corrected chi connectivity index (χ2v) is 9.60. The van der Waals surface area contributed by atoms with Crippen LogP contribution in [0.4, 0.5) is 17.2 Å². The van der Waals surface area contributed by atoms with E-state index in [1.54, 1.807) is 37.7 Å². The molecule has 4 aromatic rings. The molecule has 2 aromatic carbocycles. The number of aromatic nitrogens is 2. The smallest absolute Gasteiger partial charge is 0.339 e. The van der Waals surface area contributed by atoms with Crippen LogP contribution in [-0.2, 0) is 4.74 Å². The topological polar surface area (TPSA) is 96.9 Å². The normalized spacial score (nSPS) is 13.5. The number of amides is 1. The third-order valence-corrected chi connectivity index (χ3v) is 7.71. The first-order valence-electron chi connectivity index (χ1n) is 11.9. The number of benzene rings is 2. The fraction of sp³-hybridized carbons (Fsp3) is 0.259. The highest BCUT2D eigenvalue weighted by Crippen LogP contribution is 2.36. The molecule has 190 valence electrons. The maximum Gasteiger partial charge on any atom is 0.339 e. The lowest BCUT2D eigenvalue weighted by atomic mass is 10.1. The van der Waals surface area contributed by atoms with Crippen LogP contribution >= 0.6 is 11.3 Å². The Morgan fingerprint density at radius 1 is 0.946 bits per heavy atom. The fourth-order valence-corrected chi connectivity index (χ4v) is 5.58. The highest BCUT2D eigenvalue weighted by Gasteiger charge is 2.25. The van der Waals surface area contributed by atoms with Crippen LogP contribution in [0.3, 0.4) is 0 Å². The van der Waals surface area contributed by atoms with Gasteiger partial charge >= 0.3 is 5.97 Å². The summed E-state index contributed by atoms with van der Waals surface area (Å²) in [6.45, 7) is 5.20. The van der Waals surface area contributed by atoms with E-state index in [0.29, 0.717) is 16.1 Å². The Labute approximate surface area is 218 Å². The summed E-state index contributed by atoms with van der Waals surface area (Å²) in [4.78, 5) is 40.3. The molecule has 2 aromatic heterocycles. The first-order valence-corrected chi connectivity index (χ1v) is 12.7. The number of carbonyl (C=O) groups is 2. The molecule has 1 N–H and O–H groups in total. The Hall–Kier alpha value is -4.18. The summed E-state index contributed by atoms with van der Waals surface area (Å²) in [7, 11) is 2.98.